The van der Waals surface area contributed by atoms with Crippen LogP contribution in [0.4, 0.5) is 0 Å². The molecule has 0 aromatic heterocycles. The lowest BCUT2D eigenvalue weighted by Gasteiger charge is -2.13. The molecule has 0 amide bonds. The van der Waals surface area contributed by atoms with Gasteiger partial charge in [-0.25, -0.2) is 0 Å². The summed E-state index contributed by atoms with van der Waals surface area (Å²) >= 11 is 0. The molecule has 0 radical (unpaired) electrons. The predicted molar refractivity (Wildman–Crippen MR) is 64.1 cm³/mol. The predicted octanol–water partition coefficient (Wildman–Crippen LogP) is 2.55. The quantitative estimate of drug-likeness (QED) is 0.774. The molecule has 0 saturated heterocycles. The van der Waals surface area contributed by atoms with Crippen molar-refractivity contribution in [3.8, 4) is 0 Å². The minimum atomic E-state index is 0.437. The number of rotatable bonds is 6. The molecule has 2 nitrogen and oxygen atoms in total. The summed E-state index contributed by atoms with van der Waals surface area (Å²) in [6.07, 6.45) is 0.992. The second-order valence-electron chi connectivity index (χ2n) is 3.76. The molecule has 1 aromatic rings. The van der Waals surface area contributed by atoms with Gasteiger partial charge in [-0.1, -0.05) is 31.2 Å². The first-order valence-electron chi connectivity index (χ1n) is 5.59. The molecule has 0 bridgehead atoms. The molecule has 1 aromatic carbocycles. The van der Waals surface area contributed by atoms with E-state index in [9.17, 15) is 0 Å². The molecule has 0 aliphatic carbocycles. The fourth-order valence-electron chi connectivity index (χ4n) is 1.62. The summed E-state index contributed by atoms with van der Waals surface area (Å²) in [6.45, 7) is 6.12. The van der Waals surface area contributed by atoms with Crippen LogP contribution >= 0.6 is 0 Å². The van der Waals surface area contributed by atoms with Crippen LogP contribution in [-0.4, -0.2) is 20.3 Å². The second-order valence-corrected chi connectivity index (χ2v) is 3.76. The Bertz CT molecular complexity index is 268. The zero-order valence-electron chi connectivity index (χ0n) is 9.92. The summed E-state index contributed by atoms with van der Waals surface area (Å²) < 4.78 is 5.05. The molecule has 2 heteroatoms. The third-order valence-corrected chi connectivity index (χ3v) is 2.58. The number of hydrogen-bond donors (Lipinski definition) is 1. The van der Waals surface area contributed by atoms with Crippen LogP contribution in [0.5, 0.6) is 0 Å². The Morgan fingerprint density at radius 3 is 2.47 bits per heavy atom. The first kappa shape index (κ1) is 12.2. The molecule has 0 heterocycles. The molecule has 0 aliphatic rings. The lowest BCUT2D eigenvalue weighted by Crippen LogP contribution is -2.17. The molecule has 1 atom stereocenters. The van der Waals surface area contributed by atoms with Crippen LogP contribution in [0.15, 0.2) is 24.3 Å². The second kappa shape index (κ2) is 6.59. The minimum absolute atomic E-state index is 0.437. The number of methoxy groups -OCH3 is 1. The summed E-state index contributed by atoms with van der Waals surface area (Å²) in [6, 6.07) is 9.19. The lowest BCUT2D eigenvalue weighted by molar-refractivity contribution is 0.202. The van der Waals surface area contributed by atoms with Gasteiger partial charge in [0.2, 0.25) is 0 Å². The molecule has 15 heavy (non-hydrogen) atoms. The summed E-state index contributed by atoms with van der Waals surface area (Å²) in [5.41, 5.74) is 2.68. The van der Waals surface area contributed by atoms with Gasteiger partial charge in [0.15, 0.2) is 0 Å². The van der Waals surface area contributed by atoms with Crippen LogP contribution < -0.4 is 5.32 Å². The van der Waals surface area contributed by atoms with E-state index in [2.05, 4.69) is 43.4 Å². The summed E-state index contributed by atoms with van der Waals surface area (Å²) in [5, 5.41) is 3.40. The largest absolute Gasteiger partial charge is 0.384 e. The highest BCUT2D eigenvalue weighted by Crippen LogP contribution is 2.13. The monoisotopic (exact) mass is 207 g/mol. The van der Waals surface area contributed by atoms with Gasteiger partial charge in [-0.15, -0.1) is 0 Å². The molecule has 1 rings (SSSR count). The molecule has 0 fully saturated rings. The van der Waals surface area contributed by atoms with Crippen LogP contribution in [0.25, 0.3) is 0 Å². The Labute approximate surface area is 92.6 Å². The van der Waals surface area contributed by atoms with Crippen LogP contribution in [0.2, 0.25) is 0 Å². The normalized spacial score (nSPS) is 12.7. The molecule has 0 aliphatic heterocycles. The van der Waals surface area contributed by atoms with Gasteiger partial charge in [0, 0.05) is 13.2 Å². The van der Waals surface area contributed by atoms with Gasteiger partial charge in [0.1, 0.15) is 0 Å². The average molecular weight is 207 g/mol. The summed E-state index contributed by atoms with van der Waals surface area (Å²) in [5.74, 6) is 0. The lowest BCUT2D eigenvalue weighted by atomic mass is 10.0. The molecule has 84 valence electrons. The van der Waals surface area contributed by atoms with Gasteiger partial charge in [-0.2, -0.15) is 0 Å². The Kier molecular flexibility index (Phi) is 5.37. The van der Waals surface area contributed by atoms with Crippen molar-refractivity contribution in [1.82, 2.24) is 5.32 Å². The average Bonchev–Trinajstić information content (AvgIpc) is 2.27. The molecule has 0 saturated carbocycles. The maximum Gasteiger partial charge on any atom is 0.0502 e. The first-order chi connectivity index (χ1) is 7.27. The van der Waals surface area contributed by atoms with Gasteiger partial charge >= 0.3 is 0 Å². The van der Waals surface area contributed by atoms with Crippen LogP contribution in [0.1, 0.15) is 31.0 Å². The summed E-state index contributed by atoms with van der Waals surface area (Å²) in [7, 11) is 1.74. The van der Waals surface area contributed by atoms with Gasteiger partial charge in [0.05, 0.1) is 6.61 Å². The zero-order chi connectivity index (χ0) is 11.1. The van der Waals surface area contributed by atoms with Gasteiger partial charge in [0.25, 0.3) is 0 Å². The van der Waals surface area contributed by atoms with E-state index in [0.29, 0.717) is 6.04 Å². The van der Waals surface area contributed by atoms with E-state index < -0.39 is 0 Å². The Morgan fingerprint density at radius 2 is 1.93 bits per heavy atom. The standard InChI is InChI=1S/C13H21NO/c1-4-14-11(2)13-7-5-12(6-8-13)9-10-15-3/h5-8,11,14H,4,9-10H2,1-3H3. The number of ether oxygens (including phenoxy) is 1. The van der Waals surface area contributed by atoms with E-state index >= 15 is 0 Å². The maximum atomic E-state index is 5.05. The van der Waals surface area contributed by atoms with E-state index in [1.165, 1.54) is 11.1 Å². The van der Waals surface area contributed by atoms with Crippen LogP contribution in [-0.2, 0) is 11.2 Å². The first-order valence-corrected chi connectivity index (χ1v) is 5.59. The topological polar surface area (TPSA) is 21.3 Å². The number of hydrogen-bond acceptors (Lipinski definition) is 2. The van der Waals surface area contributed by atoms with Crippen LogP contribution in [0.3, 0.4) is 0 Å². The van der Waals surface area contributed by atoms with Gasteiger partial charge in [-0.3, -0.25) is 0 Å². The third-order valence-electron chi connectivity index (χ3n) is 2.58. The van der Waals surface area contributed by atoms with E-state index in [1.807, 2.05) is 0 Å². The van der Waals surface area contributed by atoms with E-state index in [0.717, 1.165) is 19.6 Å². The fourth-order valence-corrected chi connectivity index (χ4v) is 1.62. The smallest absolute Gasteiger partial charge is 0.0502 e. The Hall–Kier alpha value is -0.860. The van der Waals surface area contributed by atoms with Crippen molar-refractivity contribution >= 4 is 0 Å². The zero-order valence-corrected chi connectivity index (χ0v) is 9.92. The molecular formula is C13H21NO. The highest BCUT2D eigenvalue weighted by atomic mass is 16.5. The van der Waals surface area contributed by atoms with Crippen molar-refractivity contribution in [3.05, 3.63) is 35.4 Å². The maximum absolute atomic E-state index is 5.05. The van der Waals surface area contributed by atoms with Crippen molar-refractivity contribution in [2.45, 2.75) is 26.3 Å². The Balaban J connectivity index is 2.55. The van der Waals surface area contributed by atoms with Gasteiger partial charge < -0.3 is 10.1 Å². The van der Waals surface area contributed by atoms with Crippen molar-refractivity contribution < 1.29 is 4.74 Å². The van der Waals surface area contributed by atoms with Crippen molar-refractivity contribution in [3.63, 3.8) is 0 Å². The molecule has 1 N–H and O–H groups in total. The molecular weight excluding hydrogens is 186 g/mol. The van der Waals surface area contributed by atoms with E-state index in [1.54, 1.807) is 7.11 Å². The molecule has 0 spiro atoms. The number of benzene rings is 1. The van der Waals surface area contributed by atoms with Crippen LogP contribution in [0, 0.1) is 0 Å². The van der Waals surface area contributed by atoms with E-state index in [4.69, 9.17) is 4.74 Å². The highest BCUT2D eigenvalue weighted by Gasteiger charge is 2.02. The van der Waals surface area contributed by atoms with E-state index in [-0.39, 0.29) is 0 Å². The Morgan fingerprint density at radius 1 is 1.27 bits per heavy atom. The fraction of sp³-hybridized carbons (Fsp3) is 0.538. The number of nitrogens with one attached hydrogen (secondary N) is 1. The van der Waals surface area contributed by atoms with Crippen molar-refractivity contribution in [2.75, 3.05) is 20.3 Å². The summed E-state index contributed by atoms with van der Waals surface area (Å²) in [4.78, 5) is 0. The minimum Gasteiger partial charge on any atom is -0.384 e. The SMILES string of the molecule is CCNC(C)c1ccc(CCOC)cc1. The molecule has 1 unspecified atom stereocenters. The third kappa shape index (κ3) is 4.02. The van der Waals surface area contributed by atoms with Gasteiger partial charge in [-0.05, 0) is 31.0 Å². The van der Waals surface area contributed by atoms with Crippen molar-refractivity contribution in [1.29, 1.82) is 0 Å². The highest BCUT2D eigenvalue weighted by molar-refractivity contribution is 5.24. The van der Waals surface area contributed by atoms with Crippen molar-refractivity contribution in [2.24, 2.45) is 0 Å².